The molecule has 4 atom stereocenters. The van der Waals surface area contributed by atoms with E-state index in [1.807, 2.05) is 0 Å². The molecule has 1 amide bonds. The second kappa shape index (κ2) is 5.82. The van der Waals surface area contributed by atoms with Gasteiger partial charge in [0.1, 0.15) is 0 Å². The number of carbonyl (C=O) groups is 1. The van der Waals surface area contributed by atoms with Crippen molar-refractivity contribution in [3.63, 3.8) is 0 Å². The second-order valence-electron chi connectivity index (χ2n) is 6.87. The molecule has 19 heavy (non-hydrogen) atoms. The first kappa shape index (κ1) is 13.4. The molecule has 0 aromatic rings. The molecule has 2 saturated carbocycles. The number of rotatable bonds is 5. The zero-order valence-corrected chi connectivity index (χ0v) is 12.2. The van der Waals surface area contributed by atoms with Gasteiger partial charge in [-0.25, -0.2) is 0 Å². The molecule has 0 aromatic heterocycles. The topological polar surface area (TPSA) is 32.3 Å². The minimum Gasteiger partial charge on any atom is -0.341 e. The molecule has 1 saturated heterocycles. The highest BCUT2D eigenvalue weighted by molar-refractivity contribution is 5.82. The minimum atomic E-state index is 0.104. The van der Waals surface area contributed by atoms with Crippen LogP contribution >= 0.6 is 0 Å². The van der Waals surface area contributed by atoms with Crippen molar-refractivity contribution < 1.29 is 4.79 Å². The normalized spacial score (nSPS) is 38.2. The van der Waals surface area contributed by atoms with Crippen molar-refractivity contribution in [3.05, 3.63) is 0 Å². The largest absolute Gasteiger partial charge is 0.341 e. The number of nitrogens with zero attached hydrogens (tertiary/aromatic N) is 1. The third kappa shape index (κ3) is 2.81. The molecule has 0 spiro atoms. The number of hydrogen-bond donors (Lipinski definition) is 1. The van der Waals surface area contributed by atoms with Crippen LogP contribution in [0.3, 0.4) is 0 Å². The summed E-state index contributed by atoms with van der Waals surface area (Å²) in [5.41, 5.74) is 0. The average Bonchev–Trinajstić information content (AvgIpc) is 3.02. The lowest BCUT2D eigenvalue weighted by molar-refractivity contribution is -0.136. The molecule has 3 heteroatoms. The van der Waals surface area contributed by atoms with E-state index in [9.17, 15) is 4.79 Å². The number of amides is 1. The molecule has 1 heterocycles. The van der Waals surface area contributed by atoms with Crippen LogP contribution in [0, 0.1) is 17.8 Å². The van der Waals surface area contributed by atoms with Crippen LogP contribution < -0.4 is 5.32 Å². The van der Waals surface area contributed by atoms with E-state index in [-0.39, 0.29) is 6.04 Å². The molecule has 2 aliphatic carbocycles. The molecule has 0 radical (unpaired) electrons. The fourth-order valence-corrected chi connectivity index (χ4v) is 4.51. The second-order valence-corrected chi connectivity index (χ2v) is 6.87. The maximum atomic E-state index is 12.5. The summed E-state index contributed by atoms with van der Waals surface area (Å²) in [6, 6.07) is 0.104. The van der Waals surface area contributed by atoms with Crippen molar-refractivity contribution in [2.75, 3.05) is 19.6 Å². The van der Waals surface area contributed by atoms with Crippen molar-refractivity contribution >= 4 is 5.91 Å². The molecule has 2 bridgehead atoms. The highest BCUT2D eigenvalue weighted by Crippen LogP contribution is 2.48. The monoisotopic (exact) mass is 264 g/mol. The van der Waals surface area contributed by atoms with E-state index in [0.29, 0.717) is 5.91 Å². The van der Waals surface area contributed by atoms with E-state index in [1.54, 1.807) is 0 Å². The third-order valence-electron chi connectivity index (χ3n) is 5.51. The van der Waals surface area contributed by atoms with Crippen LogP contribution in [0.25, 0.3) is 0 Å². The summed E-state index contributed by atoms with van der Waals surface area (Å²) in [6.07, 6.45) is 9.03. The van der Waals surface area contributed by atoms with Gasteiger partial charge in [-0.05, 0) is 62.8 Å². The summed E-state index contributed by atoms with van der Waals surface area (Å²) >= 11 is 0. The van der Waals surface area contributed by atoms with Crippen molar-refractivity contribution in [2.45, 2.75) is 57.9 Å². The fourth-order valence-electron chi connectivity index (χ4n) is 4.51. The number of carbonyl (C=O) groups excluding carboxylic acids is 1. The Kier molecular flexibility index (Phi) is 4.11. The van der Waals surface area contributed by atoms with Gasteiger partial charge in [-0.1, -0.05) is 13.3 Å². The van der Waals surface area contributed by atoms with Crippen molar-refractivity contribution in [3.8, 4) is 0 Å². The van der Waals surface area contributed by atoms with Gasteiger partial charge >= 0.3 is 0 Å². The number of piperidine rings is 1. The maximum absolute atomic E-state index is 12.5. The lowest BCUT2D eigenvalue weighted by atomic mass is 9.88. The predicted octanol–water partition coefficient (Wildman–Crippen LogP) is 2.41. The van der Waals surface area contributed by atoms with Gasteiger partial charge in [0.15, 0.2) is 0 Å². The van der Waals surface area contributed by atoms with Crippen molar-refractivity contribution in [1.82, 2.24) is 10.2 Å². The predicted molar refractivity (Wildman–Crippen MR) is 76.8 cm³/mol. The SMILES string of the molecule is CCCNC1CCCN(CC2CC3CCC2C3)C1=O. The zero-order valence-electron chi connectivity index (χ0n) is 12.2. The molecule has 3 fully saturated rings. The van der Waals surface area contributed by atoms with Gasteiger partial charge in [0, 0.05) is 13.1 Å². The van der Waals surface area contributed by atoms with Gasteiger partial charge in [0.05, 0.1) is 6.04 Å². The Hall–Kier alpha value is -0.570. The molecule has 1 aliphatic heterocycles. The van der Waals surface area contributed by atoms with Crippen LogP contribution in [-0.4, -0.2) is 36.5 Å². The highest BCUT2D eigenvalue weighted by Gasteiger charge is 2.41. The number of hydrogen-bond acceptors (Lipinski definition) is 2. The van der Waals surface area contributed by atoms with E-state index in [2.05, 4.69) is 17.1 Å². The summed E-state index contributed by atoms with van der Waals surface area (Å²) in [4.78, 5) is 14.7. The number of fused-ring (bicyclic) bond motifs is 2. The van der Waals surface area contributed by atoms with Crippen LogP contribution in [-0.2, 0) is 4.79 Å². The van der Waals surface area contributed by atoms with Gasteiger partial charge in [-0.15, -0.1) is 0 Å². The van der Waals surface area contributed by atoms with Gasteiger partial charge in [-0.3, -0.25) is 4.79 Å². The molecule has 3 aliphatic rings. The average molecular weight is 264 g/mol. The van der Waals surface area contributed by atoms with Crippen LogP contribution in [0.1, 0.15) is 51.9 Å². The lowest BCUT2D eigenvalue weighted by Crippen LogP contribution is -2.52. The maximum Gasteiger partial charge on any atom is 0.239 e. The standard InChI is InChI=1S/C16H28N2O/c1-2-7-17-15-4-3-8-18(16(15)19)11-14-10-12-5-6-13(14)9-12/h12-15,17H,2-11H2,1H3. The van der Waals surface area contributed by atoms with Gasteiger partial charge in [0.25, 0.3) is 0 Å². The van der Waals surface area contributed by atoms with E-state index < -0.39 is 0 Å². The van der Waals surface area contributed by atoms with Crippen LogP contribution in [0.5, 0.6) is 0 Å². The first-order valence-electron chi connectivity index (χ1n) is 8.30. The Bertz CT molecular complexity index is 331. The van der Waals surface area contributed by atoms with Crippen LogP contribution in [0.4, 0.5) is 0 Å². The molecule has 1 N–H and O–H groups in total. The highest BCUT2D eigenvalue weighted by atomic mass is 16.2. The lowest BCUT2D eigenvalue weighted by Gasteiger charge is -2.36. The van der Waals surface area contributed by atoms with Gasteiger partial charge in [0.2, 0.25) is 5.91 Å². The molecule has 3 nitrogen and oxygen atoms in total. The minimum absolute atomic E-state index is 0.104. The molecule has 3 rings (SSSR count). The summed E-state index contributed by atoms with van der Waals surface area (Å²) in [7, 11) is 0. The summed E-state index contributed by atoms with van der Waals surface area (Å²) < 4.78 is 0. The first-order chi connectivity index (χ1) is 9.28. The Morgan fingerprint density at radius 2 is 2.16 bits per heavy atom. The van der Waals surface area contributed by atoms with E-state index >= 15 is 0 Å². The Balaban J connectivity index is 1.53. The summed E-state index contributed by atoms with van der Waals surface area (Å²) in [6.45, 7) is 5.17. The number of nitrogens with one attached hydrogen (secondary N) is 1. The summed E-state index contributed by atoms with van der Waals surface area (Å²) in [5.74, 6) is 3.11. The van der Waals surface area contributed by atoms with Gasteiger partial charge < -0.3 is 10.2 Å². The number of likely N-dealkylation sites (tertiary alicyclic amines) is 1. The van der Waals surface area contributed by atoms with E-state index in [0.717, 1.165) is 50.2 Å². The first-order valence-corrected chi connectivity index (χ1v) is 8.30. The van der Waals surface area contributed by atoms with Crippen molar-refractivity contribution in [1.29, 1.82) is 0 Å². The van der Waals surface area contributed by atoms with Crippen LogP contribution in [0.15, 0.2) is 0 Å². The zero-order chi connectivity index (χ0) is 13.2. The van der Waals surface area contributed by atoms with E-state index in [1.165, 1.54) is 32.1 Å². The van der Waals surface area contributed by atoms with Gasteiger partial charge in [-0.2, -0.15) is 0 Å². The Morgan fingerprint density at radius 3 is 2.84 bits per heavy atom. The third-order valence-corrected chi connectivity index (χ3v) is 5.51. The van der Waals surface area contributed by atoms with E-state index in [4.69, 9.17) is 0 Å². The van der Waals surface area contributed by atoms with Crippen LogP contribution in [0.2, 0.25) is 0 Å². The quantitative estimate of drug-likeness (QED) is 0.827. The molecule has 108 valence electrons. The fraction of sp³-hybridized carbons (Fsp3) is 0.938. The molecular weight excluding hydrogens is 236 g/mol. The smallest absolute Gasteiger partial charge is 0.239 e. The molecule has 4 unspecified atom stereocenters. The Labute approximate surface area is 117 Å². The molecule has 0 aromatic carbocycles. The summed E-state index contributed by atoms with van der Waals surface area (Å²) in [5, 5.41) is 3.42. The molecular formula is C16H28N2O. The Morgan fingerprint density at radius 1 is 1.26 bits per heavy atom. The van der Waals surface area contributed by atoms with Crippen molar-refractivity contribution in [2.24, 2.45) is 17.8 Å².